The van der Waals surface area contributed by atoms with E-state index < -0.39 is 0 Å². The molecule has 0 radical (unpaired) electrons. The average molecular weight is 243 g/mol. The first-order valence-corrected chi connectivity index (χ1v) is 5.49. The fourth-order valence-electron chi connectivity index (χ4n) is 1.86. The van der Waals surface area contributed by atoms with Gasteiger partial charge in [0, 0.05) is 17.1 Å². The quantitative estimate of drug-likeness (QED) is 0.785. The van der Waals surface area contributed by atoms with E-state index in [1.807, 2.05) is 13.8 Å². The standard InChI is InChI=1S/C11H12Cl2N2/c1-5-9-7(12)3-4-8(13)11(9)15-10(5)6(2)14/h3-4,6,15H,14H2,1-2H3. The average Bonchev–Trinajstić information content (AvgIpc) is 2.51. The van der Waals surface area contributed by atoms with E-state index in [0.717, 1.165) is 22.2 Å². The predicted octanol–water partition coefficient (Wildman–Crippen LogP) is 3.80. The van der Waals surface area contributed by atoms with Crippen molar-refractivity contribution in [2.75, 3.05) is 0 Å². The van der Waals surface area contributed by atoms with Gasteiger partial charge in [0.15, 0.2) is 0 Å². The summed E-state index contributed by atoms with van der Waals surface area (Å²) in [4.78, 5) is 3.23. The molecule has 1 aromatic heterocycles. The lowest BCUT2D eigenvalue weighted by Crippen LogP contribution is -2.06. The van der Waals surface area contributed by atoms with Crippen molar-refractivity contribution in [2.24, 2.45) is 5.73 Å². The Morgan fingerprint density at radius 1 is 1.27 bits per heavy atom. The van der Waals surface area contributed by atoms with E-state index in [4.69, 9.17) is 28.9 Å². The molecule has 2 nitrogen and oxygen atoms in total. The lowest BCUT2D eigenvalue weighted by Gasteiger charge is -2.02. The summed E-state index contributed by atoms with van der Waals surface area (Å²) in [5, 5.41) is 2.34. The topological polar surface area (TPSA) is 41.8 Å². The number of aryl methyl sites for hydroxylation is 1. The van der Waals surface area contributed by atoms with E-state index in [0.29, 0.717) is 10.0 Å². The second kappa shape index (κ2) is 3.71. The highest BCUT2D eigenvalue weighted by atomic mass is 35.5. The van der Waals surface area contributed by atoms with E-state index in [-0.39, 0.29) is 6.04 Å². The summed E-state index contributed by atoms with van der Waals surface area (Å²) in [6, 6.07) is 3.54. The van der Waals surface area contributed by atoms with Gasteiger partial charge in [-0.05, 0) is 31.5 Å². The molecular formula is C11H12Cl2N2. The monoisotopic (exact) mass is 242 g/mol. The van der Waals surface area contributed by atoms with Gasteiger partial charge in [0.05, 0.1) is 15.6 Å². The van der Waals surface area contributed by atoms with Crippen molar-refractivity contribution in [2.45, 2.75) is 19.9 Å². The van der Waals surface area contributed by atoms with Crippen LogP contribution in [0.2, 0.25) is 10.0 Å². The molecular weight excluding hydrogens is 231 g/mol. The molecule has 0 bridgehead atoms. The second-order valence-electron chi connectivity index (χ2n) is 3.73. The number of aromatic amines is 1. The van der Waals surface area contributed by atoms with Gasteiger partial charge in [0.25, 0.3) is 0 Å². The zero-order chi connectivity index (χ0) is 11.2. The van der Waals surface area contributed by atoms with Gasteiger partial charge in [-0.3, -0.25) is 0 Å². The van der Waals surface area contributed by atoms with Gasteiger partial charge >= 0.3 is 0 Å². The van der Waals surface area contributed by atoms with Crippen molar-refractivity contribution in [1.82, 2.24) is 4.98 Å². The predicted molar refractivity (Wildman–Crippen MR) is 65.7 cm³/mol. The minimum Gasteiger partial charge on any atom is -0.356 e. The minimum atomic E-state index is -0.0514. The molecule has 0 saturated carbocycles. The smallest absolute Gasteiger partial charge is 0.0663 e. The molecule has 0 aliphatic carbocycles. The molecule has 0 saturated heterocycles. The van der Waals surface area contributed by atoms with Crippen LogP contribution in [0.4, 0.5) is 0 Å². The van der Waals surface area contributed by atoms with Gasteiger partial charge in [0.1, 0.15) is 0 Å². The molecule has 80 valence electrons. The summed E-state index contributed by atoms with van der Waals surface area (Å²) < 4.78 is 0. The van der Waals surface area contributed by atoms with Gasteiger partial charge in [0.2, 0.25) is 0 Å². The fraction of sp³-hybridized carbons (Fsp3) is 0.273. The largest absolute Gasteiger partial charge is 0.356 e. The first-order valence-electron chi connectivity index (χ1n) is 4.74. The van der Waals surface area contributed by atoms with E-state index in [2.05, 4.69) is 4.98 Å². The molecule has 4 heteroatoms. The van der Waals surface area contributed by atoms with Crippen molar-refractivity contribution >= 4 is 34.1 Å². The van der Waals surface area contributed by atoms with Gasteiger partial charge in [-0.1, -0.05) is 23.2 Å². The molecule has 1 unspecified atom stereocenters. The number of benzene rings is 1. The van der Waals surface area contributed by atoms with Crippen LogP contribution >= 0.6 is 23.2 Å². The van der Waals surface area contributed by atoms with Gasteiger partial charge < -0.3 is 10.7 Å². The zero-order valence-corrected chi connectivity index (χ0v) is 10.1. The molecule has 0 aliphatic heterocycles. The van der Waals surface area contributed by atoms with Crippen LogP contribution in [0.3, 0.4) is 0 Å². The molecule has 2 rings (SSSR count). The molecule has 0 fully saturated rings. The first kappa shape index (κ1) is 10.8. The van der Waals surface area contributed by atoms with Crippen LogP contribution in [0.25, 0.3) is 10.9 Å². The van der Waals surface area contributed by atoms with Crippen LogP contribution in [-0.2, 0) is 0 Å². The number of nitrogens with one attached hydrogen (secondary N) is 1. The maximum absolute atomic E-state index is 6.13. The van der Waals surface area contributed by atoms with Gasteiger partial charge in [-0.2, -0.15) is 0 Å². The van der Waals surface area contributed by atoms with Crippen molar-refractivity contribution in [3.05, 3.63) is 33.4 Å². The third-order valence-electron chi connectivity index (χ3n) is 2.60. The molecule has 1 aromatic carbocycles. The number of H-pyrrole nitrogens is 1. The molecule has 0 spiro atoms. The van der Waals surface area contributed by atoms with Gasteiger partial charge in [-0.15, -0.1) is 0 Å². The zero-order valence-electron chi connectivity index (χ0n) is 8.57. The minimum absolute atomic E-state index is 0.0514. The van der Waals surface area contributed by atoms with E-state index >= 15 is 0 Å². The normalized spacial score (nSPS) is 13.4. The van der Waals surface area contributed by atoms with Crippen LogP contribution < -0.4 is 5.73 Å². The van der Waals surface area contributed by atoms with Crippen molar-refractivity contribution < 1.29 is 0 Å². The summed E-state index contributed by atoms with van der Waals surface area (Å²) in [5.41, 5.74) is 8.79. The third-order valence-corrected chi connectivity index (χ3v) is 3.23. The molecule has 15 heavy (non-hydrogen) atoms. The maximum atomic E-state index is 6.13. The Morgan fingerprint density at radius 3 is 2.40 bits per heavy atom. The highest BCUT2D eigenvalue weighted by Crippen LogP contribution is 2.34. The van der Waals surface area contributed by atoms with Crippen LogP contribution in [0.15, 0.2) is 12.1 Å². The Balaban J connectivity index is 2.87. The number of hydrogen-bond donors (Lipinski definition) is 2. The second-order valence-corrected chi connectivity index (χ2v) is 4.55. The fourth-order valence-corrected chi connectivity index (χ4v) is 2.36. The number of hydrogen-bond acceptors (Lipinski definition) is 1. The lowest BCUT2D eigenvalue weighted by atomic mass is 10.1. The summed E-state index contributed by atoms with van der Waals surface area (Å²) in [5.74, 6) is 0. The Bertz CT molecular complexity index is 515. The SMILES string of the molecule is Cc1c(C(C)N)[nH]c2c(Cl)ccc(Cl)c12. The summed E-state index contributed by atoms with van der Waals surface area (Å²) in [6.07, 6.45) is 0. The summed E-state index contributed by atoms with van der Waals surface area (Å²) in [6.45, 7) is 3.93. The number of rotatable bonds is 1. The lowest BCUT2D eigenvalue weighted by molar-refractivity contribution is 0.785. The Labute approximate surface area is 98.4 Å². The van der Waals surface area contributed by atoms with Crippen molar-refractivity contribution in [3.8, 4) is 0 Å². The van der Waals surface area contributed by atoms with Crippen LogP contribution in [0.1, 0.15) is 24.2 Å². The molecule has 0 amide bonds. The number of aromatic nitrogens is 1. The van der Waals surface area contributed by atoms with Gasteiger partial charge in [-0.25, -0.2) is 0 Å². The Kier molecular flexibility index (Phi) is 2.67. The molecule has 0 aliphatic rings. The van der Waals surface area contributed by atoms with Crippen LogP contribution in [0.5, 0.6) is 0 Å². The maximum Gasteiger partial charge on any atom is 0.0663 e. The highest BCUT2D eigenvalue weighted by Gasteiger charge is 2.14. The van der Waals surface area contributed by atoms with E-state index in [1.165, 1.54) is 0 Å². The van der Waals surface area contributed by atoms with Crippen molar-refractivity contribution in [1.29, 1.82) is 0 Å². The Morgan fingerprint density at radius 2 is 1.87 bits per heavy atom. The number of fused-ring (bicyclic) bond motifs is 1. The van der Waals surface area contributed by atoms with Crippen LogP contribution in [0, 0.1) is 6.92 Å². The third kappa shape index (κ3) is 1.63. The van der Waals surface area contributed by atoms with E-state index in [9.17, 15) is 0 Å². The summed E-state index contributed by atoms with van der Waals surface area (Å²) >= 11 is 12.2. The van der Waals surface area contributed by atoms with Crippen LogP contribution in [-0.4, -0.2) is 4.98 Å². The summed E-state index contributed by atoms with van der Waals surface area (Å²) in [7, 11) is 0. The number of halogens is 2. The first-order chi connectivity index (χ1) is 7.02. The number of nitrogens with two attached hydrogens (primary N) is 1. The molecule has 3 N–H and O–H groups in total. The van der Waals surface area contributed by atoms with E-state index in [1.54, 1.807) is 12.1 Å². The molecule has 1 atom stereocenters. The molecule has 1 heterocycles. The van der Waals surface area contributed by atoms with Crippen molar-refractivity contribution in [3.63, 3.8) is 0 Å². The highest BCUT2D eigenvalue weighted by molar-refractivity contribution is 6.40. The Hall–Kier alpha value is -0.700. The molecule has 2 aromatic rings.